The van der Waals surface area contributed by atoms with Gasteiger partial charge in [-0.1, -0.05) is 53.7 Å². The molecule has 3 aromatic rings. The van der Waals surface area contributed by atoms with Crippen molar-refractivity contribution in [3.8, 4) is 0 Å². The summed E-state index contributed by atoms with van der Waals surface area (Å²) in [6.07, 6.45) is 1.60. The summed E-state index contributed by atoms with van der Waals surface area (Å²) < 4.78 is 1.24. The smallest absolute Gasteiger partial charge is 0.264 e. The maximum atomic E-state index is 12.1. The van der Waals surface area contributed by atoms with Crippen LogP contribution in [0.4, 0.5) is 11.6 Å². The van der Waals surface area contributed by atoms with E-state index in [9.17, 15) is 4.79 Å². The molecule has 0 fully saturated rings. The highest BCUT2D eigenvalue weighted by Gasteiger charge is 2.12. The van der Waals surface area contributed by atoms with Gasteiger partial charge in [-0.05, 0) is 36.2 Å². The minimum atomic E-state index is -0.155. The van der Waals surface area contributed by atoms with E-state index in [-0.39, 0.29) is 17.6 Å². The number of nitrogen functional groups attached to an aromatic ring is 1. The van der Waals surface area contributed by atoms with Gasteiger partial charge >= 0.3 is 0 Å². The minimum Gasteiger partial charge on any atom is -0.334 e. The second kappa shape index (κ2) is 9.25. The Bertz CT molecular complexity index is 988. The fraction of sp³-hybridized carbons (Fsp3) is 0.111. The van der Waals surface area contributed by atoms with Gasteiger partial charge in [0.05, 0.1) is 12.0 Å². The summed E-state index contributed by atoms with van der Waals surface area (Å²) in [5.74, 6) is 6.20. The molecule has 28 heavy (non-hydrogen) atoms. The van der Waals surface area contributed by atoms with Crippen molar-refractivity contribution in [2.75, 3.05) is 22.3 Å². The SMILES string of the molecule is Cc1ccccc1NC(=O)CSc1nnc(N/N=C/c2ccc(Cl)cc2)n1N. The Balaban J connectivity index is 1.53. The quantitative estimate of drug-likeness (QED) is 0.236. The molecule has 0 aliphatic carbocycles. The summed E-state index contributed by atoms with van der Waals surface area (Å²) in [5, 5.41) is 15.9. The number of nitrogens with zero attached hydrogens (tertiary/aromatic N) is 4. The van der Waals surface area contributed by atoms with E-state index in [1.54, 1.807) is 18.3 Å². The van der Waals surface area contributed by atoms with Crippen molar-refractivity contribution in [3.63, 3.8) is 0 Å². The number of para-hydroxylation sites is 1. The predicted octanol–water partition coefficient (Wildman–Crippen LogP) is 3.13. The van der Waals surface area contributed by atoms with Gasteiger partial charge in [-0.3, -0.25) is 4.79 Å². The highest BCUT2D eigenvalue weighted by atomic mass is 35.5. The molecule has 0 spiro atoms. The Morgan fingerprint density at radius 2 is 2.00 bits per heavy atom. The monoisotopic (exact) mass is 415 g/mol. The first-order valence-corrected chi connectivity index (χ1v) is 9.62. The maximum absolute atomic E-state index is 12.1. The molecule has 1 aromatic heterocycles. The average Bonchev–Trinajstić information content (AvgIpc) is 3.03. The van der Waals surface area contributed by atoms with Crippen molar-refractivity contribution in [2.24, 2.45) is 5.10 Å². The molecule has 8 nitrogen and oxygen atoms in total. The number of nitrogens with two attached hydrogens (primary N) is 1. The molecule has 0 unspecified atom stereocenters. The van der Waals surface area contributed by atoms with Crippen molar-refractivity contribution in [2.45, 2.75) is 12.1 Å². The van der Waals surface area contributed by atoms with Crippen LogP contribution in [0.1, 0.15) is 11.1 Å². The number of anilines is 2. The van der Waals surface area contributed by atoms with E-state index in [2.05, 4.69) is 26.0 Å². The van der Waals surface area contributed by atoms with Crippen molar-refractivity contribution < 1.29 is 4.79 Å². The third-order valence-electron chi connectivity index (χ3n) is 3.66. The molecule has 2 aromatic carbocycles. The van der Waals surface area contributed by atoms with Crippen LogP contribution in [0.2, 0.25) is 5.02 Å². The molecule has 1 amide bonds. The second-order valence-electron chi connectivity index (χ2n) is 5.75. The predicted molar refractivity (Wildman–Crippen MR) is 113 cm³/mol. The third kappa shape index (κ3) is 5.24. The first-order chi connectivity index (χ1) is 13.5. The lowest BCUT2D eigenvalue weighted by molar-refractivity contribution is -0.113. The fourth-order valence-electron chi connectivity index (χ4n) is 2.19. The molecule has 0 radical (unpaired) electrons. The number of carbonyl (C=O) groups is 1. The first kappa shape index (κ1) is 19.7. The van der Waals surface area contributed by atoms with Gasteiger partial charge in [-0.15, -0.1) is 10.2 Å². The Kier molecular flexibility index (Phi) is 6.51. The van der Waals surface area contributed by atoms with Crippen molar-refractivity contribution in [1.29, 1.82) is 0 Å². The van der Waals surface area contributed by atoms with Crippen LogP contribution in [-0.4, -0.2) is 32.7 Å². The molecule has 0 saturated heterocycles. The van der Waals surface area contributed by atoms with Gasteiger partial charge in [0.25, 0.3) is 5.95 Å². The topological polar surface area (TPSA) is 110 Å². The molecular weight excluding hydrogens is 398 g/mol. The summed E-state index contributed by atoms with van der Waals surface area (Å²) in [4.78, 5) is 12.1. The van der Waals surface area contributed by atoms with Crippen LogP contribution < -0.4 is 16.6 Å². The fourth-order valence-corrected chi connectivity index (χ4v) is 2.98. The molecule has 3 rings (SSSR count). The normalized spacial score (nSPS) is 10.9. The van der Waals surface area contributed by atoms with Crippen LogP contribution >= 0.6 is 23.4 Å². The van der Waals surface area contributed by atoms with E-state index >= 15 is 0 Å². The summed E-state index contributed by atoms with van der Waals surface area (Å²) >= 11 is 7.02. The Morgan fingerprint density at radius 1 is 1.25 bits per heavy atom. The minimum absolute atomic E-state index is 0.151. The van der Waals surface area contributed by atoms with Crippen LogP contribution in [0.3, 0.4) is 0 Å². The lowest BCUT2D eigenvalue weighted by atomic mass is 10.2. The molecular formula is C18H18ClN7OS. The molecule has 0 bridgehead atoms. The van der Waals surface area contributed by atoms with E-state index in [1.807, 2.05) is 43.3 Å². The second-order valence-corrected chi connectivity index (χ2v) is 7.13. The molecule has 1 heterocycles. The number of benzene rings is 2. The zero-order chi connectivity index (χ0) is 19.9. The summed E-state index contributed by atoms with van der Waals surface area (Å²) in [6, 6.07) is 14.8. The van der Waals surface area contributed by atoms with Crippen LogP contribution in [0.25, 0.3) is 0 Å². The molecule has 144 valence electrons. The molecule has 0 saturated carbocycles. The van der Waals surface area contributed by atoms with Gasteiger partial charge in [-0.2, -0.15) is 5.10 Å². The Labute approximate surface area is 171 Å². The van der Waals surface area contributed by atoms with E-state index in [0.29, 0.717) is 10.2 Å². The molecule has 0 atom stereocenters. The summed E-state index contributed by atoms with van der Waals surface area (Å²) in [7, 11) is 0. The highest BCUT2D eigenvalue weighted by Crippen LogP contribution is 2.18. The molecule has 0 aliphatic rings. The zero-order valence-corrected chi connectivity index (χ0v) is 16.5. The number of hydrogen-bond acceptors (Lipinski definition) is 7. The number of aromatic nitrogens is 3. The van der Waals surface area contributed by atoms with Gasteiger partial charge in [0, 0.05) is 10.7 Å². The Morgan fingerprint density at radius 3 is 2.75 bits per heavy atom. The zero-order valence-electron chi connectivity index (χ0n) is 15.0. The number of nitrogens with one attached hydrogen (secondary N) is 2. The molecule has 0 aliphatic heterocycles. The largest absolute Gasteiger partial charge is 0.334 e. The molecule has 4 N–H and O–H groups in total. The van der Waals surface area contributed by atoms with Gasteiger partial charge in [0.2, 0.25) is 11.1 Å². The number of carbonyl (C=O) groups excluding carboxylic acids is 1. The van der Waals surface area contributed by atoms with Gasteiger partial charge < -0.3 is 11.2 Å². The van der Waals surface area contributed by atoms with Crippen molar-refractivity contribution in [1.82, 2.24) is 14.9 Å². The lowest BCUT2D eigenvalue weighted by Gasteiger charge is -2.07. The number of hydrazone groups is 1. The maximum Gasteiger partial charge on any atom is 0.264 e. The highest BCUT2D eigenvalue weighted by molar-refractivity contribution is 7.99. The summed E-state index contributed by atoms with van der Waals surface area (Å²) in [6.45, 7) is 1.93. The van der Waals surface area contributed by atoms with E-state index < -0.39 is 0 Å². The van der Waals surface area contributed by atoms with E-state index in [4.69, 9.17) is 17.4 Å². The van der Waals surface area contributed by atoms with Crippen LogP contribution in [0.5, 0.6) is 0 Å². The van der Waals surface area contributed by atoms with Crippen LogP contribution in [-0.2, 0) is 4.79 Å². The van der Waals surface area contributed by atoms with Crippen molar-refractivity contribution in [3.05, 3.63) is 64.7 Å². The van der Waals surface area contributed by atoms with Gasteiger partial charge in [0.1, 0.15) is 0 Å². The van der Waals surface area contributed by atoms with Crippen LogP contribution in [0, 0.1) is 6.92 Å². The number of halogens is 1. The number of rotatable bonds is 7. The van der Waals surface area contributed by atoms with Gasteiger partial charge in [-0.25, -0.2) is 10.1 Å². The van der Waals surface area contributed by atoms with Crippen molar-refractivity contribution >= 4 is 47.1 Å². The number of thioether (sulfide) groups is 1. The van der Waals surface area contributed by atoms with E-state index in [1.165, 1.54) is 16.4 Å². The number of aryl methyl sites for hydroxylation is 1. The third-order valence-corrected chi connectivity index (χ3v) is 4.86. The van der Waals surface area contributed by atoms with E-state index in [0.717, 1.165) is 16.8 Å². The summed E-state index contributed by atoms with van der Waals surface area (Å²) in [5.41, 5.74) is 5.35. The lowest BCUT2D eigenvalue weighted by Crippen LogP contribution is -2.17. The first-order valence-electron chi connectivity index (χ1n) is 8.26. The van der Waals surface area contributed by atoms with Gasteiger partial charge in [0.15, 0.2) is 0 Å². The Hall–Kier alpha value is -3.04. The number of hydrogen-bond donors (Lipinski definition) is 3. The average molecular weight is 416 g/mol. The standard InChI is InChI=1S/C18H18ClN7OS/c1-12-4-2-3-5-15(12)22-16(27)11-28-18-25-24-17(26(18)20)23-21-10-13-6-8-14(19)9-7-13/h2-10H,11,20H2,1H3,(H,22,27)(H,23,24)/b21-10+. The molecule has 10 heteroatoms. The van der Waals surface area contributed by atoms with Crippen LogP contribution in [0.15, 0.2) is 58.8 Å². The number of amides is 1.